The van der Waals surface area contributed by atoms with E-state index in [2.05, 4.69) is 52.8 Å². The zero-order chi connectivity index (χ0) is 16.8. The summed E-state index contributed by atoms with van der Waals surface area (Å²) < 4.78 is 17.6. The van der Waals surface area contributed by atoms with E-state index >= 15 is 0 Å². The Kier molecular flexibility index (Phi) is 4.05. The zero-order valence-electron chi connectivity index (χ0n) is 14.6. The first-order valence-corrected chi connectivity index (χ1v) is 8.31. The van der Waals surface area contributed by atoms with E-state index in [0.717, 1.165) is 17.4 Å². The molecule has 2 aliphatic heterocycles. The molecule has 0 aromatic heterocycles. The van der Waals surface area contributed by atoms with Crippen LogP contribution in [0.3, 0.4) is 0 Å². The van der Waals surface area contributed by atoms with Crippen LogP contribution in [0.25, 0.3) is 0 Å². The smallest absolute Gasteiger partial charge is 0.465 e. The van der Waals surface area contributed by atoms with Crippen LogP contribution in [-0.2, 0) is 18.8 Å². The summed E-state index contributed by atoms with van der Waals surface area (Å²) in [6.45, 7) is 10.8. The molecule has 2 fully saturated rings. The fraction of sp³-hybridized carbons (Fsp3) is 0.611. The maximum atomic E-state index is 11.3. The molecule has 5 heteroatoms. The van der Waals surface area contributed by atoms with Crippen LogP contribution in [0.5, 0.6) is 0 Å². The normalized spacial score (nSPS) is 26.2. The predicted molar refractivity (Wildman–Crippen MR) is 89.8 cm³/mol. The molecule has 0 radical (unpaired) electrons. The Balaban J connectivity index is 1.86. The lowest BCUT2D eigenvalue weighted by Crippen LogP contribution is -2.41. The lowest BCUT2D eigenvalue weighted by molar-refractivity contribution is -0.147. The lowest BCUT2D eigenvalue weighted by atomic mass is 9.74. The van der Waals surface area contributed by atoms with Crippen molar-refractivity contribution in [2.75, 3.05) is 6.61 Å². The Labute approximate surface area is 138 Å². The lowest BCUT2D eigenvalue weighted by Gasteiger charge is -2.32. The Morgan fingerprint density at radius 3 is 2.35 bits per heavy atom. The van der Waals surface area contributed by atoms with Gasteiger partial charge in [0.1, 0.15) is 0 Å². The molecular formula is C18H25BO4. The van der Waals surface area contributed by atoms with Gasteiger partial charge >= 0.3 is 13.1 Å². The summed E-state index contributed by atoms with van der Waals surface area (Å²) in [6, 6.07) is 6.38. The molecule has 0 bridgehead atoms. The number of cyclic esters (lactones) is 1. The largest absolute Gasteiger partial charge is 0.495 e. The standard InChI is InChI=1S/C18H25BO4/c1-12-6-7-13(14-8-9-16(20)21-11-14)10-15(12)19-22-17(2,3)18(4,5)23-19/h6-7,10,14H,8-9,11H2,1-5H3. The summed E-state index contributed by atoms with van der Waals surface area (Å²) in [7, 11) is -0.355. The molecular weight excluding hydrogens is 291 g/mol. The van der Waals surface area contributed by atoms with Gasteiger partial charge in [0.2, 0.25) is 0 Å². The Hall–Kier alpha value is -1.33. The highest BCUT2D eigenvalue weighted by Crippen LogP contribution is 2.37. The minimum Gasteiger partial charge on any atom is -0.465 e. The van der Waals surface area contributed by atoms with Gasteiger partial charge in [-0.1, -0.05) is 23.8 Å². The fourth-order valence-corrected chi connectivity index (χ4v) is 3.04. The average Bonchev–Trinajstić information content (AvgIpc) is 2.69. The molecule has 1 unspecified atom stereocenters. The Morgan fingerprint density at radius 1 is 1.13 bits per heavy atom. The monoisotopic (exact) mass is 316 g/mol. The molecule has 0 saturated carbocycles. The summed E-state index contributed by atoms with van der Waals surface area (Å²) >= 11 is 0. The zero-order valence-corrected chi connectivity index (χ0v) is 14.6. The van der Waals surface area contributed by atoms with E-state index in [-0.39, 0.29) is 30.2 Å². The van der Waals surface area contributed by atoms with Gasteiger partial charge in [-0.25, -0.2) is 0 Å². The summed E-state index contributed by atoms with van der Waals surface area (Å²) in [4.78, 5) is 11.3. The number of esters is 1. The molecule has 2 saturated heterocycles. The molecule has 0 spiro atoms. The highest BCUT2D eigenvalue weighted by Gasteiger charge is 2.52. The van der Waals surface area contributed by atoms with E-state index in [1.54, 1.807) is 0 Å². The molecule has 0 amide bonds. The number of carbonyl (C=O) groups excluding carboxylic acids is 1. The number of aryl methyl sites for hydroxylation is 1. The van der Waals surface area contributed by atoms with Gasteiger partial charge in [0.05, 0.1) is 17.8 Å². The van der Waals surface area contributed by atoms with Crippen molar-refractivity contribution < 1.29 is 18.8 Å². The van der Waals surface area contributed by atoms with Gasteiger partial charge in [-0.2, -0.15) is 0 Å². The van der Waals surface area contributed by atoms with Crippen LogP contribution < -0.4 is 5.46 Å². The van der Waals surface area contributed by atoms with Crippen LogP contribution in [-0.4, -0.2) is 30.9 Å². The maximum Gasteiger partial charge on any atom is 0.495 e. The summed E-state index contributed by atoms with van der Waals surface area (Å²) in [5.41, 5.74) is 2.71. The molecule has 23 heavy (non-hydrogen) atoms. The van der Waals surface area contributed by atoms with E-state index in [4.69, 9.17) is 14.0 Å². The second-order valence-electron chi connectivity index (χ2n) is 7.62. The van der Waals surface area contributed by atoms with Gasteiger partial charge in [-0.3, -0.25) is 4.79 Å². The molecule has 4 nitrogen and oxygen atoms in total. The number of benzene rings is 1. The van der Waals surface area contributed by atoms with Gasteiger partial charge in [-0.15, -0.1) is 0 Å². The fourth-order valence-electron chi connectivity index (χ4n) is 3.04. The van der Waals surface area contributed by atoms with Crippen LogP contribution in [0, 0.1) is 6.92 Å². The molecule has 1 atom stereocenters. The van der Waals surface area contributed by atoms with Crippen LogP contribution in [0.15, 0.2) is 18.2 Å². The maximum absolute atomic E-state index is 11.3. The van der Waals surface area contributed by atoms with Crippen molar-refractivity contribution in [1.29, 1.82) is 0 Å². The van der Waals surface area contributed by atoms with Crippen molar-refractivity contribution in [3.8, 4) is 0 Å². The van der Waals surface area contributed by atoms with Crippen molar-refractivity contribution >= 4 is 18.6 Å². The van der Waals surface area contributed by atoms with Gasteiger partial charge in [0, 0.05) is 12.3 Å². The average molecular weight is 316 g/mol. The minimum absolute atomic E-state index is 0.0976. The van der Waals surface area contributed by atoms with Gasteiger partial charge in [0.15, 0.2) is 0 Å². The first-order chi connectivity index (χ1) is 10.7. The van der Waals surface area contributed by atoms with Crippen molar-refractivity contribution in [2.45, 2.75) is 64.6 Å². The van der Waals surface area contributed by atoms with Gasteiger partial charge < -0.3 is 14.0 Å². The minimum atomic E-state index is -0.355. The number of carbonyl (C=O) groups is 1. The number of hydrogen-bond acceptors (Lipinski definition) is 4. The predicted octanol–water partition coefficient (Wildman–Crippen LogP) is 2.71. The molecule has 124 valence electrons. The highest BCUT2D eigenvalue weighted by molar-refractivity contribution is 6.62. The number of hydrogen-bond donors (Lipinski definition) is 0. The van der Waals surface area contributed by atoms with Crippen molar-refractivity contribution in [2.24, 2.45) is 0 Å². The number of ether oxygens (including phenoxy) is 1. The van der Waals surface area contributed by atoms with E-state index < -0.39 is 0 Å². The van der Waals surface area contributed by atoms with Gasteiger partial charge in [0.25, 0.3) is 0 Å². The van der Waals surface area contributed by atoms with E-state index in [9.17, 15) is 4.79 Å². The molecule has 0 aliphatic carbocycles. The second-order valence-corrected chi connectivity index (χ2v) is 7.62. The summed E-state index contributed by atoms with van der Waals surface area (Å²) in [5.74, 6) is 0.161. The first-order valence-electron chi connectivity index (χ1n) is 8.31. The van der Waals surface area contributed by atoms with E-state index in [1.165, 1.54) is 5.56 Å². The van der Waals surface area contributed by atoms with Crippen molar-refractivity contribution in [3.05, 3.63) is 29.3 Å². The molecule has 2 aliphatic rings. The Morgan fingerprint density at radius 2 is 1.78 bits per heavy atom. The van der Waals surface area contributed by atoms with Crippen LogP contribution in [0.4, 0.5) is 0 Å². The van der Waals surface area contributed by atoms with Crippen molar-refractivity contribution in [3.63, 3.8) is 0 Å². The molecule has 1 aromatic carbocycles. The van der Waals surface area contributed by atoms with Gasteiger partial charge in [-0.05, 0) is 52.1 Å². The third-order valence-electron chi connectivity index (χ3n) is 5.42. The quantitative estimate of drug-likeness (QED) is 0.622. The SMILES string of the molecule is Cc1ccc(C2CCC(=O)OC2)cc1B1OC(C)(C)C(C)(C)O1. The van der Waals surface area contributed by atoms with Crippen LogP contribution in [0.1, 0.15) is 57.6 Å². The third kappa shape index (κ3) is 3.04. The highest BCUT2D eigenvalue weighted by atomic mass is 16.7. The van der Waals surface area contributed by atoms with Crippen molar-refractivity contribution in [1.82, 2.24) is 0 Å². The third-order valence-corrected chi connectivity index (χ3v) is 5.42. The summed E-state index contributed by atoms with van der Waals surface area (Å²) in [6.07, 6.45) is 1.33. The number of rotatable bonds is 2. The molecule has 0 N–H and O–H groups in total. The van der Waals surface area contributed by atoms with Crippen LogP contribution in [0.2, 0.25) is 0 Å². The molecule has 3 rings (SSSR count). The first kappa shape index (κ1) is 16.5. The molecule has 2 heterocycles. The topological polar surface area (TPSA) is 44.8 Å². The second kappa shape index (κ2) is 5.64. The van der Waals surface area contributed by atoms with E-state index in [1.807, 2.05) is 0 Å². The van der Waals surface area contributed by atoms with E-state index in [0.29, 0.717) is 13.0 Å². The summed E-state index contributed by atoms with van der Waals surface area (Å²) in [5, 5.41) is 0. The molecule has 1 aromatic rings. The van der Waals surface area contributed by atoms with Crippen LogP contribution >= 0.6 is 0 Å². The Bertz CT molecular complexity index is 597.